The Hall–Kier alpha value is -2.20. The molecule has 1 atom stereocenters. The van der Waals surface area contributed by atoms with Crippen molar-refractivity contribution < 1.29 is 0 Å². The van der Waals surface area contributed by atoms with Crippen molar-refractivity contribution in [3.05, 3.63) is 65.6 Å². The van der Waals surface area contributed by atoms with Gasteiger partial charge in [-0.1, -0.05) is 35.9 Å². The Morgan fingerprint density at radius 3 is 2.90 bits per heavy atom. The number of fused-ring (bicyclic) bond motifs is 1. The zero-order chi connectivity index (χ0) is 14.7. The lowest BCUT2D eigenvalue weighted by atomic mass is 10.1. The van der Waals surface area contributed by atoms with Gasteiger partial charge in [-0.2, -0.15) is 0 Å². The monoisotopic (exact) mass is 280 g/mol. The first-order valence-corrected chi connectivity index (χ1v) is 7.32. The standard InChI is InChI=1S/C17H20N4/c1-13-6-5-7-15(12-13)14(2)18-10-9-17-20-19-16-8-3-4-11-21(16)17/h3-8,11-12,14,18H,9-10H2,1-2H3. The van der Waals surface area contributed by atoms with Crippen LogP contribution in [0.1, 0.15) is 29.9 Å². The predicted molar refractivity (Wildman–Crippen MR) is 84.3 cm³/mol. The van der Waals surface area contributed by atoms with Crippen molar-refractivity contribution in [2.45, 2.75) is 26.3 Å². The number of hydrogen-bond acceptors (Lipinski definition) is 3. The Kier molecular flexibility index (Phi) is 3.97. The summed E-state index contributed by atoms with van der Waals surface area (Å²) in [6.07, 6.45) is 2.87. The molecule has 1 aromatic carbocycles. The fourth-order valence-electron chi connectivity index (χ4n) is 2.52. The molecule has 0 aliphatic rings. The van der Waals surface area contributed by atoms with Crippen molar-refractivity contribution in [3.63, 3.8) is 0 Å². The third-order valence-corrected chi connectivity index (χ3v) is 3.73. The second-order valence-corrected chi connectivity index (χ2v) is 5.39. The molecule has 1 unspecified atom stereocenters. The van der Waals surface area contributed by atoms with E-state index in [9.17, 15) is 0 Å². The molecular formula is C17H20N4. The van der Waals surface area contributed by atoms with Gasteiger partial charge in [0.1, 0.15) is 5.82 Å². The van der Waals surface area contributed by atoms with Gasteiger partial charge in [0, 0.05) is 25.2 Å². The average Bonchev–Trinajstić information content (AvgIpc) is 2.91. The van der Waals surface area contributed by atoms with Gasteiger partial charge in [0.15, 0.2) is 5.65 Å². The second kappa shape index (κ2) is 6.06. The third-order valence-electron chi connectivity index (χ3n) is 3.73. The summed E-state index contributed by atoms with van der Waals surface area (Å²) in [7, 11) is 0. The summed E-state index contributed by atoms with van der Waals surface area (Å²) < 4.78 is 2.04. The van der Waals surface area contributed by atoms with Gasteiger partial charge in [0.2, 0.25) is 0 Å². The van der Waals surface area contributed by atoms with E-state index in [1.54, 1.807) is 0 Å². The fraction of sp³-hybridized carbons (Fsp3) is 0.294. The summed E-state index contributed by atoms with van der Waals surface area (Å²) >= 11 is 0. The minimum absolute atomic E-state index is 0.337. The van der Waals surface area contributed by atoms with Crippen LogP contribution in [-0.4, -0.2) is 21.1 Å². The molecule has 4 heteroatoms. The summed E-state index contributed by atoms with van der Waals surface area (Å²) in [6, 6.07) is 14.9. The quantitative estimate of drug-likeness (QED) is 0.781. The van der Waals surface area contributed by atoms with Gasteiger partial charge in [-0.25, -0.2) is 0 Å². The van der Waals surface area contributed by atoms with Crippen LogP contribution in [0, 0.1) is 6.92 Å². The summed E-state index contributed by atoms with van der Waals surface area (Å²) in [6.45, 7) is 5.19. The Bertz CT molecular complexity index is 732. The normalized spacial score (nSPS) is 12.7. The smallest absolute Gasteiger partial charge is 0.160 e. The molecule has 0 aliphatic heterocycles. The van der Waals surface area contributed by atoms with E-state index in [-0.39, 0.29) is 0 Å². The lowest BCUT2D eigenvalue weighted by Gasteiger charge is -2.14. The topological polar surface area (TPSA) is 42.2 Å². The maximum absolute atomic E-state index is 4.25. The van der Waals surface area contributed by atoms with Crippen LogP contribution in [0.4, 0.5) is 0 Å². The number of aromatic nitrogens is 3. The highest BCUT2D eigenvalue weighted by atomic mass is 15.2. The van der Waals surface area contributed by atoms with Gasteiger partial charge in [-0.15, -0.1) is 10.2 Å². The lowest BCUT2D eigenvalue weighted by Crippen LogP contribution is -2.22. The Morgan fingerprint density at radius 1 is 1.14 bits per heavy atom. The van der Waals surface area contributed by atoms with Crippen LogP contribution in [0.15, 0.2) is 48.7 Å². The van der Waals surface area contributed by atoms with Crippen LogP contribution in [0.2, 0.25) is 0 Å². The number of hydrogen-bond donors (Lipinski definition) is 1. The van der Waals surface area contributed by atoms with Gasteiger partial charge in [0.05, 0.1) is 0 Å². The van der Waals surface area contributed by atoms with Crippen molar-refractivity contribution in [2.75, 3.05) is 6.54 Å². The summed E-state index contributed by atoms with van der Waals surface area (Å²) in [5.74, 6) is 0.995. The zero-order valence-electron chi connectivity index (χ0n) is 12.5. The van der Waals surface area contributed by atoms with Crippen LogP contribution >= 0.6 is 0 Å². The highest BCUT2D eigenvalue weighted by Gasteiger charge is 2.07. The van der Waals surface area contributed by atoms with E-state index in [0.717, 1.165) is 24.4 Å². The molecule has 108 valence electrons. The van der Waals surface area contributed by atoms with Gasteiger partial charge in [0.25, 0.3) is 0 Å². The van der Waals surface area contributed by atoms with Crippen molar-refractivity contribution in [1.82, 2.24) is 19.9 Å². The van der Waals surface area contributed by atoms with E-state index in [0.29, 0.717) is 6.04 Å². The second-order valence-electron chi connectivity index (χ2n) is 5.39. The molecule has 0 aliphatic carbocycles. The average molecular weight is 280 g/mol. The minimum Gasteiger partial charge on any atom is -0.310 e. The molecule has 0 saturated carbocycles. The number of benzene rings is 1. The van der Waals surface area contributed by atoms with Crippen LogP contribution < -0.4 is 5.32 Å². The van der Waals surface area contributed by atoms with Crippen LogP contribution in [0.5, 0.6) is 0 Å². The van der Waals surface area contributed by atoms with E-state index in [1.165, 1.54) is 11.1 Å². The molecule has 3 aromatic rings. The molecule has 0 radical (unpaired) electrons. The van der Waals surface area contributed by atoms with Crippen molar-refractivity contribution in [2.24, 2.45) is 0 Å². The molecule has 0 fully saturated rings. The number of nitrogens with zero attached hydrogens (tertiary/aromatic N) is 3. The van der Waals surface area contributed by atoms with Gasteiger partial charge in [-0.05, 0) is 31.5 Å². The highest BCUT2D eigenvalue weighted by Crippen LogP contribution is 2.13. The van der Waals surface area contributed by atoms with Crippen LogP contribution in [-0.2, 0) is 6.42 Å². The number of pyridine rings is 1. The van der Waals surface area contributed by atoms with Gasteiger partial charge < -0.3 is 5.32 Å². The largest absolute Gasteiger partial charge is 0.310 e. The third kappa shape index (κ3) is 3.11. The van der Waals surface area contributed by atoms with E-state index in [2.05, 4.69) is 53.6 Å². The predicted octanol–water partition coefficient (Wildman–Crippen LogP) is 2.93. The summed E-state index contributed by atoms with van der Waals surface area (Å²) in [4.78, 5) is 0. The highest BCUT2D eigenvalue weighted by molar-refractivity contribution is 5.37. The molecular weight excluding hydrogens is 260 g/mol. The van der Waals surface area contributed by atoms with Crippen molar-refractivity contribution >= 4 is 5.65 Å². The lowest BCUT2D eigenvalue weighted by molar-refractivity contribution is 0.568. The van der Waals surface area contributed by atoms with Crippen LogP contribution in [0.25, 0.3) is 5.65 Å². The maximum Gasteiger partial charge on any atom is 0.160 e. The first kappa shape index (κ1) is 13.8. The fourth-order valence-corrected chi connectivity index (χ4v) is 2.52. The first-order valence-electron chi connectivity index (χ1n) is 7.32. The maximum atomic E-state index is 4.25. The van der Waals surface area contributed by atoms with E-state index >= 15 is 0 Å². The molecule has 4 nitrogen and oxygen atoms in total. The Balaban J connectivity index is 1.61. The van der Waals surface area contributed by atoms with E-state index in [4.69, 9.17) is 0 Å². The molecule has 0 saturated heterocycles. The molecule has 21 heavy (non-hydrogen) atoms. The van der Waals surface area contributed by atoms with Crippen molar-refractivity contribution in [1.29, 1.82) is 0 Å². The van der Waals surface area contributed by atoms with E-state index in [1.807, 2.05) is 28.8 Å². The molecule has 0 amide bonds. The van der Waals surface area contributed by atoms with E-state index < -0.39 is 0 Å². The summed E-state index contributed by atoms with van der Waals surface area (Å²) in [5.41, 5.74) is 3.52. The Morgan fingerprint density at radius 2 is 2.05 bits per heavy atom. The number of nitrogens with one attached hydrogen (secondary N) is 1. The zero-order valence-corrected chi connectivity index (χ0v) is 12.5. The van der Waals surface area contributed by atoms with Gasteiger partial charge >= 0.3 is 0 Å². The minimum atomic E-state index is 0.337. The molecule has 0 bridgehead atoms. The number of rotatable bonds is 5. The first-order chi connectivity index (χ1) is 10.2. The molecule has 2 aromatic heterocycles. The summed E-state index contributed by atoms with van der Waals surface area (Å²) in [5, 5.41) is 12.0. The Labute approximate surface area is 124 Å². The molecule has 2 heterocycles. The number of aryl methyl sites for hydroxylation is 1. The van der Waals surface area contributed by atoms with Gasteiger partial charge in [-0.3, -0.25) is 4.40 Å². The molecule has 0 spiro atoms. The van der Waals surface area contributed by atoms with Crippen molar-refractivity contribution in [3.8, 4) is 0 Å². The molecule has 1 N–H and O–H groups in total. The SMILES string of the molecule is Cc1cccc(C(C)NCCc2nnc3ccccn23)c1. The van der Waals surface area contributed by atoms with Crippen LogP contribution in [0.3, 0.4) is 0 Å². The molecule has 3 rings (SSSR count).